The molecule has 0 bridgehead atoms. The SMILES string of the molecule is CC(C)Cn1c(CCC(N)=O)nnc1SCC(=O)N(C)c1ccccc1. The number of aryl methyl sites for hydroxylation is 1. The van der Waals surface area contributed by atoms with Gasteiger partial charge in [-0.3, -0.25) is 9.59 Å². The molecule has 0 aliphatic heterocycles. The van der Waals surface area contributed by atoms with E-state index in [-0.39, 0.29) is 24.0 Å². The second-order valence-electron chi connectivity index (χ2n) is 6.45. The molecule has 0 aliphatic carbocycles. The predicted molar refractivity (Wildman–Crippen MR) is 103 cm³/mol. The van der Waals surface area contributed by atoms with Gasteiger partial charge in [-0.1, -0.05) is 43.8 Å². The summed E-state index contributed by atoms with van der Waals surface area (Å²) in [6.07, 6.45) is 0.685. The van der Waals surface area contributed by atoms with E-state index in [1.807, 2.05) is 34.9 Å². The largest absolute Gasteiger partial charge is 0.370 e. The molecule has 7 nitrogen and oxygen atoms in total. The maximum absolute atomic E-state index is 12.5. The molecule has 2 N–H and O–H groups in total. The molecule has 0 fully saturated rings. The number of carbonyl (C=O) groups excluding carboxylic acids is 2. The summed E-state index contributed by atoms with van der Waals surface area (Å²) in [4.78, 5) is 25.1. The van der Waals surface area contributed by atoms with Crippen LogP contribution in [0.2, 0.25) is 0 Å². The molecular formula is C18H25N5O2S. The van der Waals surface area contributed by atoms with Crippen molar-refractivity contribution in [2.45, 2.75) is 38.4 Å². The molecule has 1 aromatic heterocycles. The maximum Gasteiger partial charge on any atom is 0.237 e. The molecule has 26 heavy (non-hydrogen) atoms. The number of hydrogen-bond donors (Lipinski definition) is 1. The van der Waals surface area contributed by atoms with Crippen molar-refractivity contribution in [2.75, 3.05) is 17.7 Å². The van der Waals surface area contributed by atoms with Gasteiger partial charge in [0.2, 0.25) is 11.8 Å². The van der Waals surface area contributed by atoms with E-state index in [4.69, 9.17) is 5.73 Å². The number of nitrogens with zero attached hydrogens (tertiary/aromatic N) is 4. The lowest BCUT2D eigenvalue weighted by atomic mass is 10.2. The minimum atomic E-state index is -0.363. The van der Waals surface area contributed by atoms with Crippen molar-refractivity contribution < 1.29 is 9.59 Å². The lowest BCUT2D eigenvalue weighted by Gasteiger charge is -2.17. The zero-order chi connectivity index (χ0) is 19.1. The first-order valence-corrected chi connectivity index (χ1v) is 9.51. The summed E-state index contributed by atoms with van der Waals surface area (Å²) < 4.78 is 1.98. The van der Waals surface area contributed by atoms with Crippen LogP contribution in [0.4, 0.5) is 5.69 Å². The maximum atomic E-state index is 12.5. The molecule has 2 amide bonds. The van der Waals surface area contributed by atoms with Crippen molar-refractivity contribution in [3.05, 3.63) is 36.2 Å². The summed E-state index contributed by atoms with van der Waals surface area (Å²) in [7, 11) is 1.76. The Labute approximate surface area is 158 Å². The Morgan fingerprint density at radius 1 is 1.23 bits per heavy atom. The third-order valence-electron chi connectivity index (χ3n) is 3.78. The number of carbonyl (C=O) groups is 2. The number of primary amides is 1. The minimum absolute atomic E-state index is 0.0148. The summed E-state index contributed by atoms with van der Waals surface area (Å²) in [5.74, 6) is 0.999. The van der Waals surface area contributed by atoms with Gasteiger partial charge in [-0.05, 0) is 18.1 Å². The summed E-state index contributed by atoms with van der Waals surface area (Å²) >= 11 is 1.36. The molecule has 1 heterocycles. The molecule has 140 valence electrons. The van der Waals surface area contributed by atoms with E-state index in [0.717, 1.165) is 18.1 Å². The molecule has 0 spiro atoms. The van der Waals surface area contributed by atoms with Crippen LogP contribution in [0.15, 0.2) is 35.5 Å². The normalized spacial score (nSPS) is 10.9. The lowest BCUT2D eigenvalue weighted by molar-refractivity contribution is -0.118. The van der Waals surface area contributed by atoms with E-state index in [2.05, 4.69) is 24.0 Å². The predicted octanol–water partition coefficient (Wildman–Crippen LogP) is 2.11. The summed E-state index contributed by atoms with van der Waals surface area (Å²) in [5, 5.41) is 9.07. The van der Waals surface area contributed by atoms with Crippen molar-refractivity contribution in [3.8, 4) is 0 Å². The third kappa shape index (κ3) is 5.59. The van der Waals surface area contributed by atoms with E-state index < -0.39 is 0 Å². The fourth-order valence-electron chi connectivity index (χ4n) is 2.41. The Morgan fingerprint density at radius 2 is 1.92 bits per heavy atom. The van der Waals surface area contributed by atoms with Crippen LogP contribution in [0.3, 0.4) is 0 Å². The Bertz CT molecular complexity index is 745. The van der Waals surface area contributed by atoms with Crippen LogP contribution in [0.5, 0.6) is 0 Å². The summed E-state index contributed by atoms with van der Waals surface area (Å²) in [6, 6.07) is 9.50. The molecule has 0 saturated carbocycles. The first kappa shape index (κ1) is 20.0. The zero-order valence-corrected chi connectivity index (χ0v) is 16.2. The smallest absolute Gasteiger partial charge is 0.237 e. The molecule has 0 saturated heterocycles. The number of anilines is 1. The van der Waals surface area contributed by atoms with Crippen molar-refractivity contribution in [3.63, 3.8) is 0 Å². The highest BCUT2D eigenvalue weighted by Crippen LogP contribution is 2.21. The highest BCUT2D eigenvalue weighted by Gasteiger charge is 2.17. The van der Waals surface area contributed by atoms with Crippen molar-refractivity contribution in [1.29, 1.82) is 0 Å². The van der Waals surface area contributed by atoms with Gasteiger partial charge in [0.05, 0.1) is 5.75 Å². The van der Waals surface area contributed by atoms with E-state index in [9.17, 15) is 9.59 Å². The Kier molecular flexibility index (Phi) is 7.20. The van der Waals surface area contributed by atoms with E-state index in [1.54, 1.807) is 11.9 Å². The average Bonchev–Trinajstić information content (AvgIpc) is 2.99. The molecule has 0 radical (unpaired) electrons. The van der Waals surface area contributed by atoms with Crippen molar-refractivity contribution >= 4 is 29.3 Å². The van der Waals surface area contributed by atoms with Crippen LogP contribution in [-0.4, -0.2) is 39.4 Å². The van der Waals surface area contributed by atoms with Gasteiger partial charge >= 0.3 is 0 Å². The average molecular weight is 375 g/mol. The highest BCUT2D eigenvalue weighted by molar-refractivity contribution is 7.99. The Morgan fingerprint density at radius 3 is 2.54 bits per heavy atom. The molecule has 1 aromatic carbocycles. The van der Waals surface area contributed by atoms with Gasteiger partial charge in [0.25, 0.3) is 0 Å². The molecule has 2 rings (SSSR count). The summed E-state index contributed by atoms with van der Waals surface area (Å²) in [5.41, 5.74) is 6.08. The van der Waals surface area contributed by atoms with Gasteiger partial charge in [-0.15, -0.1) is 10.2 Å². The number of benzene rings is 1. The number of nitrogens with two attached hydrogens (primary N) is 1. The molecule has 0 unspecified atom stereocenters. The van der Waals surface area contributed by atoms with Gasteiger partial charge in [-0.2, -0.15) is 0 Å². The molecule has 0 aliphatic rings. The Balaban J connectivity index is 2.05. The van der Waals surface area contributed by atoms with Crippen LogP contribution in [0.25, 0.3) is 0 Å². The van der Waals surface area contributed by atoms with Gasteiger partial charge in [0.1, 0.15) is 5.82 Å². The zero-order valence-electron chi connectivity index (χ0n) is 15.4. The second kappa shape index (κ2) is 9.38. The first-order valence-electron chi connectivity index (χ1n) is 8.53. The molecule has 2 aromatic rings. The van der Waals surface area contributed by atoms with Gasteiger partial charge in [0, 0.05) is 32.1 Å². The number of hydrogen-bond acceptors (Lipinski definition) is 5. The highest BCUT2D eigenvalue weighted by atomic mass is 32.2. The quantitative estimate of drug-likeness (QED) is 0.678. The lowest BCUT2D eigenvalue weighted by Crippen LogP contribution is -2.28. The fourth-order valence-corrected chi connectivity index (χ4v) is 3.29. The van der Waals surface area contributed by atoms with Gasteiger partial charge < -0.3 is 15.2 Å². The van der Waals surface area contributed by atoms with E-state index in [0.29, 0.717) is 17.5 Å². The molecular weight excluding hydrogens is 350 g/mol. The van der Waals surface area contributed by atoms with Crippen molar-refractivity contribution in [2.24, 2.45) is 11.7 Å². The van der Waals surface area contributed by atoms with Crippen molar-refractivity contribution in [1.82, 2.24) is 14.8 Å². The minimum Gasteiger partial charge on any atom is -0.370 e. The summed E-state index contributed by atoms with van der Waals surface area (Å²) in [6.45, 7) is 4.92. The topological polar surface area (TPSA) is 94.1 Å². The monoisotopic (exact) mass is 375 g/mol. The fraction of sp³-hybridized carbons (Fsp3) is 0.444. The van der Waals surface area contributed by atoms with Gasteiger partial charge in [0.15, 0.2) is 5.16 Å². The third-order valence-corrected chi connectivity index (χ3v) is 4.73. The number of thioether (sulfide) groups is 1. The van der Waals surface area contributed by atoms with Crippen LogP contribution in [-0.2, 0) is 22.6 Å². The van der Waals surface area contributed by atoms with Gasteiger partial charge in [-0.25, -0.2) is 0 Å². The first-order chi connectivity index (χ1) is 12.4. The van der Waals surface area contributed by atoms with E-state index in [1.165, 1.54) is 11.8 Å². The van der Waals surface area contributed by atoms with Crippen LogP contribution in [0.1, 0.15) is 26.1 Å². The van der Waals surface area contributed by atoms with Crippen LogP contribution >= 0.6 is 11.8 Å². The number of rotatable bonds is 9. The standard InChI is InChI=1S/C18H25N5O2S/c1-13(2)11-23-16(10-9-15(19)24)20-21-18(23)26-12-17(25)22(3)14-7-5-4-6-8-14/h4-8,13H,9-12H2,1-3H3,(H2,19,24). The number of amides is 2. The van der Waals surface area contributed by atoms with E-state index >= 15 is 0 Å². The molecule has 8 heteroatoms. The Hall–Kier alpha value is -2.35. The second-order valence-corrected chi connectivity index (χ2v) is 7.39. The van der Waals surface area contributed by atoms with Crippen LogP contribution < -0.4 is 10.6 Å². The number of aromatic nitrogens is 3. The molecule has 0 atom stereocenters. The van der Waals surface area contributed by atoms with Crippen LogP contribution in [0, 0.1) is 5.92 Å². The number of para-hydroxylation sites is 1.